The molecule has 7 aromatic rings. The van der Waals surface area contributed by atoms with Crippen molar-refractivity contribution in [1.82, 2.24) is 0 Å². The zero-order valence-electron chi connectivity index (χ0n) is 24.3. The van der Waals surface area contributed by atoms with Gasteiger partial charge in [-0.15, -0.1) is 124 Å². The summed E-state index contributed by atoms with van der Waals surface area (Å²) in [6.45, 7) is 3.14. The molecule has 0 fully saturated rings. The summed E-state index contributed by atoms with van der Waals surface area (Å²) in [4.78, 5) is 0. The molecule has 214 valence electrons. The van der Waals surface area contributed by atoms with E-state index in [1.54, 1.807) is 13.8 Å². The molecule has 0 radical (unpaired) electrons. The van der Waals surface area contributed by atoms with Crippen LogP contribution in [0.5, 0.6) is 0 Å². The molecule has 0 aliphatic heterocycles. The predicted octanol–water partition coefficient (Wildman–Crippen LogP) is 8.29. The molecule has 42 heavy (non-hydrogen) atoms. The summed E-state index contributed by atoms with van der Waals surface area (Å²) >= 11 is 0. The van der Waals surface area contributed by atoms with Crippen molar-refractivity contribution >= 4 is 32.3 Å². The van der Waals surface area contributed by atoms with Crippen molar-refractivity contribution in [1.29, 1.82) is 0 Å². The van der Waals surface area contributed by atoms with Crippen LogP contribution in [-0.4, -0.2) is 13.2 Å². The van der Waals surface area contributed by atoms with Crippen LogP contribution in [-0.2, 0) is 25.8 Å². The first-order valence-electron chi connectivity index (χ1n) is 13.9. The number of hydrogen-bond acceptors (Lipinski definition) is 2. The van der Waals surface area contributed by atoms with Crippen molar-refractivity contribution in [2.45, 2.75) is 13.8 Å². The van der Waals surface area contributed by atoms with Crippen molar-refractivity contribution in [3.8, 4) is 0 Å². The van der Waals surface area contributed by atoms with Crippen LogP contribution in [0.1, 0.15) is 25.0 Å². The van der Waals surface area contributed by atoms with E-state index in [0.717, 1.165) is 0 Å². The Hall–Kier alpha value is -3.76. The molecule has 0 saturated heterocycles. The Morgan fingerprint density at radius 1 is 0.500 bits per heavy atom. The van der Waals surface area contributed by atoms with E-state index in [4.69, 9.17) is 10.2 Å². The van der Waals surface area contributed by atoms with Crippen molar-refractivity contribution < 1.29 is 36.1 Å². The standard InChI is InChI=1S/C13H9.C13H11.C9H7.2C2H5O.Hf/c1-3-7-12-10(5-1)9-11-6-2-4-8-13(11)12;1-3-7-12(8-4-1)11-13-9-5-2-6-10-13;1-2-5-9-7-3-6-8(9)4-1;2*1-2-3;/h1-9H;1-11H;1-7H;2*2H2,1H3;/q5*-1;. The minimum Gasteiger partial charge on any atom is -0.855 e. The monoisotopic (exact) mass is 717 g/mol. The molecule has 0 atom stereocenters. The van der Waals surface area contributed by atoms with Gasteiger partial charge in [0.25, 0.3) is 0 Å². The van der Waals surface area contributed by atoms with Crippen LogP contribution in [0.15, 0.2) is 158 Å². The van der Waals surface area contributed by atoms with E-state index in [9.17, 15) is 0 Å². The molecule has 0 unspecified atom stereocenters. The zero-order valence-corrected chi connectivity index (χ0v) is 27.9. The Balaban J connectivity index is 0.000000201. The minimum atomic E-state index is 0. The smallest absolute Gasteiger partial charge is 0 e. The van der Waals surface area contributed by atoms with Gasteiger partial charge in [-0.05, 0) is 0 Å². The third-order valence-electron chi connectivity index (χ3n) is 6.00. The Morgan fingerprint density at radius 2 is 0.881 bits per heavy atom. The number of benzene rings is 5. The van der Waals surface area contributed by atoms with E-state index in [1.807, 2.05) is 12.1 Å². The van der Waals surface area contributed by atoms with Gasteiger partial charge in [0.05, 0.1) is 0 Å². The van der Waals surface area contributed by atoms with Gasteiger partial charge in [-0.3, -0.25) is 0 Å². The van der Waals surface area contributed by atoms with E-state index in [-0.39, 0.29) is 39.1 Å². The summed E-state index contributed by atoms with van der Waals surface area (Å²) < 4.78 is 0. The van der Waals surface area contributed by atoms with Gasteiger partial charge in [-0.25, -0.2) is 0 Å². The fourth-order valence-corrected chi connectivity index (χ4v) is 4.26. The summed E-state index contributed by atoms with van der Waals surface area (Å²) in [5.74, 6) is 0. The third kappa shape index (κ3) is 11.3. The maximum atomic E-state index is 8.93. The first-order chi connectivity index (χ1) is 20.2. The molecule has 0 amide bonds. The Morgan fingerprint density at radius 3 is 1.33 bits per heavy atom. The van der Waals surface area contributed by atoms with Crippen molar-refractivity contribution in [2.24, 2.45) is 0 Å². The molecule has 7 aromatic carbocycles. The molecule has 0 bridgehead atoms. The largest absolute Gasteiger partial charge is 0.855 e. The van der Waals surface area contributed by atoms with E-state index in [2.05, 4.69) is 152 Å². The average molecular weight is 716 g/mol. The quantitative estimate of drug-likeness (QED) is 0.134. The average Bonchev–Trinajstić information content (AvgIpc) is 3.65. The summed E-state index contributed by atoms with van der Waals surface area (Å²) in [7, 11) is 0. The molecule has 0 saturated carbocycles. The minimum absolute atomic E-state index is 0. The Labute approximate surface area is 269 Å². The van der Waals surface area contributed by atoms with Crippen LogP contribution in [0.4, 0.5) is 0 Å². The summed E-state index contributed by atoms with van der Waals surface area (Å²) in [5.41, 5.74) is 2.49. The van der Waals surface area contributed by atoms with E-state index in [1.165, 1.54) is 43.4 Å². The van der Waals surface area contributed by atoms with Gasteiger partial charge in [0.2, 0.25) is 0 Å². The molecule has 0 aliphatic rings. The molecule has 0 aliphatic carbocycles. The van der Waals surface area contributed by atoms with Gasteiger partial charge in [0.1, 0.15) is 0 Å². The Bertz CT molecular complexity index is 1530. The second-order valence-corrected chi connectivity index (χ2v) is 9.02. The molecular formula is C39H37HfO2-5. The third-order valence-corrected chi connectivity index (χ3v) is 6.00. The van der Waals surface area contributed by atoms with Gasteiger partial charge in [-0.1, -0.05) is 92.7 Å². The Kier molecular flexibility index (Phi) is 16.5. The first-order valence-corrected chi connectivity index (χ1v) is 13.9. The summed E-state index contributed by atoms with van der Waals surface area (Å²) in [6, 6.07) is 54.6. The van der Waals surface area contributed by atoms with Gasteiger partial charge in [0.15, 0.2) is 0 Å². The number of hydrogen-bond donors (Lipinski definition) is 0. The van der Waals surface area contributed by atoms with Crippen molar-refractivity contribution in [3.63, 3.8) is 0 Å². The summed E-state index contributed by atoms with van der Waals surface area (Å²) in [6.07, 6.45) is 2.17. The zero-order chi connectivity index (χ0) is 29.1. The van der Waals surface area contributed by atoms with Crippen molar-refractivity contribution in [2.75, 3.05) is 13.2 Å². The van der Waals surface area contributed by atoms with Crippen LogP contribution < -0.4 is 10.2 Å². The van der Waals surface area contributed by atoms with Crippen LogP contribution >= 0.6 is 0 Å². The molecule has 0 spiro atoms. The summed E-state index contributed by atoms with van der Waals surface area (Å²) in [5, 5.41) is 25.9. The van der Waals surface area contributed by atoms with E-state index in [0.29, 0.717) is 0 Å². The molecular weight excluding hydrogens is 679 g/mol. The van der Waals surface area contributed by atoms with Gasteiger partial charge in [0, 0.05) is 25.8 Å². The topological polar surface area (TPSA) is 46.1 Å². The normalized spacial score (nSPS) is 9.43. The van der Waals surface area contributed by atoms with Crippen LogP contribution in [0.2, 0.25) is 0 Å². The van der Waals surface area contributed by atoms with Crippen LogP contribution in [0.3, 0.4) is 0 Å². The molecule has 0 N–H and O–H groups in total. The van der Waals surface area contributed by atoms with Gasteiger partial charge < -0.3 is 10.2 Å². The maximum absolute atomic E-state index is 8.93. The molecule has 2 nitrogen and oxygen atoms in total. The fraction of sp³-hybridized carbons (Fsp3) is 0.103. The van der Waals surface area contributed by atoms with Crippen LogP contribution in [0.25, 0.3) is 32.3 Å². The van der Waals surface area contributed by atoms with Crippen LogP contribution in [0, 0.1) is 6.42 Å². The number of fused-ring (bicyclic) bond motifs is 4. The number of rotatable bonds is 2. The predicted molar refractivity (Wildman–Crippen MR) is 173 cm³/mol. The van der Waals surface area contributed by atoms with Crippen molar-refractivity contribution in [3.05, 3.63) is 175 Å². The molecule has 3 heteroatoms. The van der Waals surface area contributed by atoms with Gasteiger partial charge >= 0.3 is 0 Å². The SMILES string of the molecule is CC[O-].CC[O-].[Hf].c1ccc([CH-]c2ccccc2)cc1.c1ccc2[cH-]ccc2c1.c1ccc2c(c1)[cH-]c1ccccc12. The second kappa shape index (κ2) is 20.2. The van der Waals surface area contributed by atoms with Gasteiger partial charge in [-0.2, -0.15) is 17.5 Å². The van der Waals surface area contributed by atoms with E-state index < -0.39 is 0 Å². The molecule has 7 rings (SSSR count). The van der Waals surface area contributed by atoms with E-state index >= 15 is 0 Å². The molecule has 0 heterocycles. The maximum Gasteiger partial charge on any atom is 0 e. The fourth-order valence-electron chi connectivity index (χ4n) is 4.26. The molecule has 0 aromatic heterocycles. The first kappa shape index (κ1) is 34.4. The second-order valence-electron chi connectivity index (χ2n) is 9.02.